The number of ether oxygens (including phenoxy) is 1. The van der Waals surface area contributed by atoms with E-state index in [2.05, 4.69) is 0 Å². The lowest BCUT2D eigenvalue weighted by Crippen LogP contribution is -2.02. The number of para-hydroxylation sites is 1. The van der Waals surface area contributed by atoms with Gasteiger partial charge >= 0.3 is 0 Å². The van der Waals surface area contributed by atoms with Crippen molar-refractivity contribution in [3.63, 3.8) is 0 Å². The van der Waals surface area contributed by atoms with Crippen LogP contribution in [-0.4, -0.2) is 5.78 Å². The lowest BCUT2D eigenvalue weighted by atomic mass is 10.1. The SMILES string of the molecule is CC(=O)c1ccccc1OCc1ccc(F)cc1Cl. The molecule has 0 aromatic heterocycles. The van der Waals surface area contributed by atoms with E-state index < -0.39 is 5.82 Å². The second-order valence-corrected chi connectivity index (χ2v) is 4.48. The molecule has 4 heteroatoms. The zero-order chi connectivity index (χ0) is 13.8. The Bertz CT molecular complexity index is 611. The van der Waals surface area contributed by atoms with Crippen molar-refractivity contribution < 1.29 is 13.9 Å². The van der Waals surface area contributed by atoms with Gasteiger partial charge in [0.25, 0.3) is 0 Å². The van der Waals surface area contributed by atoms with E-state index in [1.54, 1.807) is 30.3 Å². The summed E-state index contributed by atoms with van der Waals surface area (Å²) in [5.41, 5.74) is 1.18. The molecular weight excluding hydrogens is 267 g/mol. The topological polar surface area (TPSA) is 26.3 Å². The van der Waals surface area contributed by atoms with Crippen LogP contribution in [0.2, 0.25) is 5.02 Å². The first-order valence-electron chi connectivity index (χ1n) is 5.74. The highest BCUT2D eigenvalue weighted by Gasteiger charge is 2.08. The maximum atomic E-state index is 12.9. The first kappa shape index (κ1) is 13.6. The molecule has 0 radical (unpaired) electrons. The highest BCUT2D eigenvalue weighted by atomic mass is 35.5. The van der Waals surface area contributed by atoms with Crippen LogP contribution in [0.1, 0.15) is 22.8 Å². The van der Waals surface area contributed by atoms with Crippen molar-refractivity contribution >= 4 is 17.4 Å². The quantitative estimate of drug-likeness (QED) is 0.781. The molecule has 19 heavy (non-hydrogen) atoms. The second-order valence-electron chi connectivity index (χ2n) is 4.08. The fraction of sp³-hybridized carbons (Fsp3) is 0.133. The maximum Gasteiger partial charge on any atom is 0.163 e. The maximum absolute atomic E-state index is 12.9. The van der Waals surface area contributed by atoms with Crippen LogP contribution in [0.4, 0.5) is 4.39 Å². The van der Waals surface area contributed by atoms with Gasteiger partial charge in [-0.1, -0.05) is 29.8 Å². The van der Waals surface area contributed by atoms with E-state index in [1.165, 1.54) is 19.1 Å². The van der Waals surface area contributed by atoms with E-state index >= 15 is 0 Å². The van der Waals surface area contributed by atoms with Gasteiger partial charge in [0, 0.05) is 5.56 Å². The molecule has 0 amide bonds. The van der Waals surface area contributed by atoms with Crippen LogP contribution < -0.4 is 4.74 Å². The van der Waals surface area contributed by atoms with Crippen LogP contribution in [0.5, 0.6) is 5.75 Å². The zero-order valence-electron chi connectivity index (χ0n) is 10.3. The van der Waals surface area contributed by atoms with Gasteiger partial charge in [-0.3, -0.25) is 4.79 Å². The summed E-state index contributed by atoms with van der Waals surface area (Å²) in [6, 6.07) is 11.1. The van der Waals surface area contributed by atoms with Crippen LogP contribution in [0, 0.1) is 5.82 Å². The number of ketones is 1. The third kappa shape index (κ3) is 3.32. The van der Waals surface area contributed by atoms with Crippen molar-refractivity contribution in [2.75, 3.05) is 0 Å². The Labute approximate surface area is 115 Å². The number of Topliss-reactive ketones (excluding diaryl/α,β-unsaturated/α-hetero) is 1. The zero-order valence-corrected chi connectivity index (χ0v) is 11.1. The molecule has 0 unspecified atom stereocenters. The van der Waals surface area contributed by atoms with E-state index in [-0.39, 0.29) is 12.4 Å². The molecule has 0 atom stereocenters. The van der Waals surface area contributed by atoms with Crippen LogP contribution in [0.25, 0.3) is 0 Å². The number of hydrogen-bond acceptors (Lipinski definition) is 2. The molecule has 0 aliphatic carbocycles. The minimum absolute atomic E-state index is 0.0687. The van der Waals surface area contributed by atoms with E-state index in [0.717, 1.165) is 0 Å². The summed E-state index contributed by atoms with van der Waals surface area (Å²) >= 11 is 5.91. The molecule has 0 bridgehead atoms. The van der Waals surface area contributed by atoms with Crippen molar-refractivity contribution in [2.24, 2.45) is 0 Å². The highest BCUT2D eigenvalue weighted by Crippen LogP contribution is 2.22. The summed E-state index contributed by atoms with van der Waals surface area (Å²) < 4.78 is 18.5. The summed E-state index contributed by atoms with van der Waals surface area (Å²) in [7, 11) is 0. The average Bonchev–Trinajstić information content (AvgIpc) is 2.38. The molecule has 0 aliphatic heterocycles. The van der Waals surface area contributed by atoms with Crippen molar-refractivity contribution in [1.29, 1.82) is 0 Å². The summed E-state index contributed by atoms with van der Waals surface area (Å²) in [6.45, 7) is 1.66. The Kier molecular flexibility index (Phi) is 4.17. The Morgan fingerprint density at radius 1 is 1.26 bits per heavy atom. The van der Waals surface area contributed by atoms with E-state index in [1.807, 2.05) is 0 Å². The number of carbonyl (C=O) groups excluding carboxylic acids is 1. The number of hydrogen-bond donors (Lipinski definition) is 0. The molecule has 0 fully saturated rings. The van der Waals surface area contributed by atoms with Gasteiger partial charge in [-0.05, 0) is 31.2 Å². The Morgan fingerprint density at radius 2 is 2.00 bits per heavy atom. The molecule has 0 N–H and O–H groups in total. The minimum Gasteiger partial charge on any atom is -0.488 e. The number of carbonyl (C=O) groups is 1. The third-order valence-corrected chi connectivity index (χ3v) is 3.02. The number of halogens is 2. The Balaban J connectivity index is 2.17. The molecule has 0 aliphatic rings. The van der Waals surface area contributed by atoms with Crippen molar-refractivity contribution in [3.05, 3.63) is 64.4 Å². The molecule has 0 saturated carbocycles. The molecule has 2 nitrogen and oxygen atoms in total. The van der Waals surface area contributed by atoms with Crippen LogP contribution in [-0.2, 0) is 6.61 Å². The van der Waals surface area contributed by atoms with Crippen LogP contribution in [0.3, 0.4) is 0 Å². The fourth-order valence-corrected chi connectivity index (χ4v) is 1.90. The van der Waals surface area contributed by atoms with E-state index in [4.69, 9.17) is 16.3 Å². The van der Waals surface area contributed by atoms with Gasteiger partial charge in [0.15, 0.2) is 5.78 Å². The number of rotatable bonds is 4. The normalized spacial score (nSPS) is 10.3. The van der Waals surface area contributed by atoms with E-state index in [9.17, 15) is 9.18 Å². The van der Waals surface area contributed by atoms with Gasteiger partial charge in [-0.25, -0.2) is 4.39 Å². The summed E-state index contributed by atoms with van der Waals surface area (Å²) in [5, 5.41) is 0.306. The lowest BCUT2D eigenvalue weighted by Gasteiger charge is -2.10. The van der Waals surface area contributed by atoms with Crippen LogP contribution in [0.15, 0.2) is 42.5 Å². The molecular formula is C15H12ClFO2. The predicted octanol–water partition coefficient (Wildman–Crippen LogP) is 4.26. The van der Waals surface area contributed by atoms with Gasteiger partial charge in [0.05, 0.1) is 10.6 Å². The molecule has 0 spiro atoms. The second kappa shape index (κ2) is 5.85. The van der Waals surface area contributed by atoms with Crippen LogP contribution >= 0.6 is 11.6 Å². The van der Waals surface area contributed by atoms with E-state index in [0.29, 0.717) is 21.9 Å². The molecule has 0 heterocycles. The average molecular weight is 279 g/mol. The highest BCUT2D eigenvalue weighted by molar-refractivity contribution is 6.31. The minimum atomic E-state index is -0.391. The van der Waals surface area contributed by atoms with Gasteiger partial charge < -0.3 is 4.74 Å². The van der Waals surface area contributed by atoms with Crippen molar-refractivity contribution in [2.45, 2.75) is 13.5 Å². The standard InChI is InChI=1S/C15H12ClFO2/c1-10(18)13-4-2-3-5-15(13)19-9-11-6-7-12(17)8-14(11)16/h2-8H,9H2,1H3. The van der Waals surface area contributed by atoms with Crippen molar-refractivity contribution in [1.82, 2.24) is 0 Å². The first-order chi connectivity index (χ1) is 9.08. The molecule has 0 saturated heterocycles. The van der Waals surface area contributed by atoms with Gasteiger partial charge in [-0.2, -0.15) is 0 Å². The molecule has 2 aromatic carbocycles. The summed E-state index contributed by atoms with van der Waals surface area (Å²) in [6.07, 6.45) is 0. The van der Waals surface area contributed by atoms with Gasteiger partial charge in [0.1, 0.15) is 18.2 Å². The molecule has 2 rings (SSSR count). The Morgan fingerprint density at radius 3 is 2.68 bits per heavy atom. The smallest absolute Gasteiger partial charge is 0.163 e. The monoisotopic (exact) mass is 278 g/mol. The summed E-state index contributed by atoms with van der Waals surface area (Å²) in [4.78, 5) is 11.4. The summed E-state index contributed by atoms with van der Waals surface area (Å²) in [5.74, 6) is 0.0362. The third-order valence-electron chi connectivity index (χ3n) is 2.66. The first-order valence-corrected chi connectivity index (χ1v) is 6.12. The van der Waals surface area contributed by atoms with Gasteiger partial charge in [0.2, 0.25) is 0 Å². The lowest BCUT2D eigenvalue weighted by molar-refractivity contribution is 0.101. The largest absolute Gasteiger partial charge is 0.488 e. The van der Waals surface area contributed by atoms with Gasteiger partial charge in [-0.15, -0.1) is 0 Å². The Hall–Kier alpha value is -1.87. The fourth-order valence-electron chi connectivity index (χ4n) is 1.68. The molecule has 98 valence electrons. The number of benzene rings is 2. The van der Waals surface area contributed by atoms with Crippen molar-refractivity contribution in [3.8, 4) is 5.75 Å². The predicted molar refractivity (Wildman–Crippen MR) is 72.2 cm³/mol. The molecule has 2 aromatic rings.